The van der Waals surface area contributed by atoms with E-state index in [2.05, 4.69) is 4.98 Å². The van der Waals surface area contributed by atoms with E-state index in [1.807, 2.05) is 12.1 Å². The molecule has 1 aromatic carbocycles. The zero-order valence-corrected chi connectivity index (χ0v) is 10.7. The zero-order valence-electron chi connectivity index (χ0n) is 10.7. The van der Waals surface area contributed by atoms with Crippen molar-refractivity contribution in [1.29, 1.82) is 0 Å². The van der Waals surface area contributed by atoms with E-state index in [0.717, 1.165) is 5.56 Å². The predicted octanol–water partition coefficient (Wildman–Crippen LogP) is 2.90. The molecule has 0 bridgehead atoms. The Balaban J connectivity index is 2.01. The van der Waals surface area contributed by atoms with Crippen LogP contribution in [0.1, 0.15) is 24.2 Å². The van der Waals surface area contributed by atoms with Gasteiger partial charge in [-0.25, -0.2) is 4.39 Å². The summed E-state index contributed by atoms with van der Waals surface area (Å²) in [5.41, 5.74) is 1.64. The highest BCUT2D eigenvalue weighted by atomic mass is 19.1. The highest BCUT2D eigenvalue weighted by molar-refractivity contribution is 5.35. The fraction of sp³-hybridized carbons (Fsp3) is 0.267. The van der Waals surface area contributed by atoms with Crippen LogP contribution < -0.4 is 4.74 Å². The van der Waals surface area contributed by atoms with Gasteiger partial charge in [-0.15, -0.1) is 0 Å². The summed E-state index contributed by atoms with van der Waals surface area (Å²) in [4.78, 5) is 4.01. The molecule has 2 aromatic rings. The number of halogens is 1. The molecular weight excluding hydrogens is 245 g/mol. The van der Waals surface area contributed by atoms with E-state index < -0.39 is 6.10 Å². The number of benzene rings is 1. The molecule has 0 fully saturated rings. The number of hydrogen-bond donors (Lipinski definition) is 1. The Morgan fingerprint density at radius 1 is 1.37 bits per heavy atom. The summed E-state index contributed by atoms with van der Waals surface area (Å²) in [6.45, 7) is 2.04. The number of rotatable bonds is 5. The zero-order chi connectivity index (χ0) is 13.7. The monoisotopic (exact) mass is 261 g/mol. The van der Waals surface area contributed by atoms with Crippen LogP contribution in [-0.4, -0.2) is 16.7 Å². The molecule has 0 amide bonds. The Kier molecular flexibility index (Phi) is 4.47. The molecule has 1 unspecified atom stereocenters. The van der Waals surface area contributed by atoms with E-state index in [-0.39, 0.29) is 5.82 Å². The maximum absolute atomic E-state index is 13.2. The van der Waals surface area contributed by atoms with Crippen molar-refractivity contribution >= 4 is 0 Å². The standard InChI is InChI=1S/C15H16FNO2/c1-11(18)14-5-4-13(16)9-15(14)19-8-6-12-3-2-7-17-10-12/h2-5,7,9-11,18H,6,8H2,1H3. The molecule has 0 saturated carbocycles. The van der Waals surface area contributed by atoms with Crippen LogP contribution >= 0.6 is 0 Å². The molecule has 2 rings (SSSR count). The Morgan fingerprint density at radius 3 is 2.89 bits per heavy atom. The van der Waals surface area contributed by atoms with Gasteiger partial charge in [0, 0.05) is 30.4 Å². The first kappa shape index (κ1) is 13.5. The first-order valence-electron chi connectivity index (χ1n) is 6.16. The number of aliphatic hydroxyl groups excluding tert-OH is 1. The molecule has 0 saturated heterocycles. The second kappa shape index (κ2) is 6.29. The highest BCUT2D eigenvalue weighted by Gasteiger charge is 2.10. The van der Waals surface area contributed by atoms with Gasteiger partial charge in [0.05, 0.1) is 12.7 Å². The lowest BCUT2D eigenvalue weighted by Gasteiger charge is -2.13. The molecule has 0 spiro atoms. The van der Waals surface area contributed by atoms with E-state index in [0.29, 0.717) is 24.3 Å². The van der Waals surface area contributed by atoms with Crippen molar-refractivity contribution in [3.05, 3.63) is 59.7 Å². The summed E-state index contributed by atoms with van der Waals surface area (Å²) in [5, 5.41) is 9.60. The first-order chi connectivity index (χ1) is 9.16. The van der Waals surface area contributed by atoms with Gasteiger partial charge in [-0.05, 0) is 30.7 Å². The van der Waals surface area contributed by atoms with Gasteiger partial charge in [0.2, 0.25) is 0 Å². The van der Waals surface area contributed by atoms with Crippen LogP contribution in [0.3, 0.4) is 0 Å². The van der Waals surface area contributed by atoms with Gasteiger partial charge < -0.3 is 9.84 Å². The Labute approximate surface area is 111 Å². The van der Waals surface area contributed by atoms with Gasteiger partial charge in [-0.3, -0.25) is 4.98 Å². The van der Waals surface area contributed by atoms with Gasteiger partial charge in [0.15, 0.2) is 0 Å². The number of aliphatic hydroxyl groups is 1. The predicted molar refractivity (Wildman–Crippen MR) is 70.5 cm³/mol. The summed E-state index contributed by atoms with van der Waals surface area (Å²) in [7, 11) is 0. The second-order valence-electron chi connectivity index (χ2n) is 4.32. The van der Waals surface area contributed by atoms with Gasteiger partial charge in [0.1, 0.15) is 11.6 Å². The molecule has 0 aliphatic rings. The summed E-state index contributed by atoms with van der Waals surface area (Å²) < 4.78 is 18.7. The average molecular weight is 261 g/mol. The fourth-order valence-corrected chi connectivity index (χ4v) is 1.80. The van der Waals surface area contributed by atoms with Crippen molar-refractivity contribution in [3.8, 4) is 5.75 Å². The molecule has 0 radical (unpaired) electrons. The largest absolute Gasteiger partial charge is 0.493 e. The van der Waals surface area contributed by atoms with Crippen LogP contribution in [0.2, 0.25) is 0 Å². The summed E-state index contributed by atoms with van der Waals surface area (Å²) in [6.07, 6.45) is 3.48. The van der Waals surface area contributed by atoms with Gasteiger partial charge >= 0.3 is 0 Å². The van der Waals surface area contributed by atoms with Gasteiger partial charge in [-0.1, -0.05) is 6.07 Å². The molecule has 100 valence electrons. The maximum atomic E-state index is 13.2. The van der Waals surface area contributed by atoms with Crippen molar-refractivity contribution in [3.63, 3.8) is 0 Å². The third kappa shape index (κ3) is 3.76. The van der Waals surface area contributed by atoms with E-state index in [1.54, 1.807) is 25.4 Å². The Bertz CT molecular complexity index is 529. The first-order valence-corrected chi connectivity index (χ1v) is 6.16. The number of pyridine rings is 1. The Morgan fingerprint density at radius 2 is 2.21 bits per heavy atom. The molecular formula is C15H16FNO2. The van der Waals surface area contributed by atoms with Crippen molar-refractivity contribution in [2.75, 3.05) is 6.61 Å². The third-order valence-electron chi connectivity index (χ3n) is 2.80. The summed E-state index contributed by atoms with van der Waals surface area (Å²) in [6, 6.07) is 7.97. The molecule has 1 N–H and O–H groups in total. The number of hydrogen-bond acceptors (Lipinski definition) is 3. The second-order valence-corrected chi connectivity index (χ2v) is 4.32. The van der Waals surface area contributed by atoms with Crippen LogP contribution in [0, 0.1) is 5.82 Å². The van der Waals surface area contributed by atoms with E-state index in [1.165, 1.54) is 12.1 Å². The SMILES string of the molecule is CC(O)c1ccc(F)cc1OCCc1cccnc1. The normalized spacial score (nSPS) is 12.2. The van der Waals surface area contributed by atoms with Crippen LogP contribution in [0.4, 0.5) is 4.39 Å². The number of ether oxygens (including phenoxy) is 1. The quantitative estimate of drug-likeness (QED) is 0.899. The highest BCUT2D eigenvalue weighted by Crippen LogP contribution is 2.26. The lowest BCUT2D eigenvalue weighted by molar-refractivity contribution is 0.191. The molecule has 3 nitrogen and oxygen atoms in total. The topological polar surface area (TPSA) is 42.4 Å². The van der Waals surface area contributed by atoms with Crippen molar-refractivity contribution < 1.29 is 14.2 Å². The minimum atomic E-state index is -0.686. The molecule has 1 aromatic heterocycles. The fourth-order valence-electron chi connectivity index (χ4n) is 1.80. The van der Waals surface area contributed by atoms with Crippen LogP contribution in [0.25, 0.3) is 0 Å². The lowest BCUT2D eigenvalue weighted by atomic mass is 10.1. The minimum absolute atomic E-state index is 0.374. The smallest absolute Gasteiger partial charge is 0.128 e. The molecule has 4 heteroatoms. The van der Waals surface area contributed by atoms with Crippen LogP contribution in [-0.2, 0) is 6.42 Å². The number of nitrogens with zero attached hydrogens (tertiary/aromatic N) is 1. The van der Waals surface area contributed by atoms with Gasteiger partial charge in [0.25, 0.3) is 0 Å². The summed E-state index contributed by atoms with van der Waals surface area (Å²) >= 11 is 0. The minimum Gasteiger partial charge on any atom is -0.493 e. The average Bonchev–Trinajstić information content (AvgIpc) is 2.39. The number of aromatic nitrogens is 1. The Hall–Kier alpha value is -1.94. The molecule has 1 heterocycles. The molecule has 1 atom stereocenters. The lowest BCUT2D eigenvalue weighted by Crippen LogP contribution is -2.05. The van der Waals surface area contributed by atoms with Gasteiger partial charge in [-0.2, -0.15) is 0 Å². The third-order valence-corrected chi connectivity index (χ3v) is 2.80. The van der Waals surface area contributed by atoms with E-state index in [9.17, 15) is 9.50 Å². The maximum Gasteiger partial charge on any atom is 0.128 e. The van der Waals surface area contributed by atoms with Crippen molar-refractivity contribution in [2.45, 2.75) is 19.4 Å². The van der Waals surface area contributed by atoms with Crippen LogP contribution in [0.15, 0.2) is 42.7 Å². The summed E-state index contributed by atoms with van der Waals surface area (Å²) in [5.74, 6) is 0.0136. The van der Waals surface area contributed by atoms with E-state index >= 15 is 0 Å². The molecule has 0 aliphatic heterocycles. The van der Waals surface area contributed by atoms with Crippen molar-refractivity contribution in [1.82, 2.24) is 4.98 Å². The molecule has 19 heavy (non-hydrogen) atoms. The van der Waals surface area contributed by atoms with Crippen molar-refractivity contribution in [2.24, 2.45) is 0 Å². The van der Waals surface area contributed by atoms with E-state index in [4.69, 9.17) is 4.74 Å². The molecule has 0 aliphatic carbocycles. The van der Waals surface area contributed by atoms with Crippen LogP contribution in [0.5, 0.6) is 5.75 Å².